The van der Waals surface area contributed by atoms with Crippen LogP contribution in [0.3, 0.4) is 0 Å². The second kappa shape index (κ2) is 9.41. The van der Waals surface area contributed by atoms with Gasteiger partial charge in [-0.2, -0.15) is 15.0 Å². The molecule has 10 heteroatoms. The number of ether oxygens (including phenoxy) is 1. The Morgan fingerprint density at radius 1 is 1.00 bits per heavy atom. The van der Waals surface area contributed by atoms with Crippen molar-refractivity contribution in [3.63, 3.8) is 0 Å². The molecule has 178 valence electrons. The summed E-state index contributed by atoms with van der Waals surface area (Å²) in [5, 5.41) is 4.01. The Hall–Kier alpha value is -4.47. The van der Waals surface area contributed by atoms with Crippen LogP contribution >= 0.6 is 0 Å². The predicted octanol–water partition coefficient (Wildman–Crippen LogP) is 3.49. The maximum absolute atomic E-state index is 11.8. The Morgan fingerprint density at radius 2 is 1.77 bits per heavy atom. The Labute approximate surface area is 201 Å². The van der Waals surface area contributed by atoms with Crippen molar-refractivity contribution >= 4 is 34.5 Å². The molecule has 0 bridgehead atoms. The lowest BCUT2D eigenvalue weighted by Crippen LogP contribution is -2.48. The van der Waals surface area contributed by atoms with Gasteiger partial charge in [0.1, 0.15) is 11.3 Å². The van der Waals surface area contributed by atoms with E-state index in [1.807, 2.05) is 48.2 Å². The maximum Gasteiger partial charge on any atom is 0.336 e. The fourth-order valence-corrected chi connectivity index (χ4v) is 3.93. The van der Waals surface area contributed by atoms with Crippen molar-refractivity contribution in [2.75, 3.05) is 36.4 Å². The summed E-state index contributed by atoms with van der Waals surface area (Å²) in [5.74, 6) is 1.25. The minimum atomic E-state index is -0.423. The second-order valence-corrected chi connectivity index (χ2v) is 8.23. The van der Waals surface area contributed by atoms with Crippen molar-refractivity contribution in [1.29, 1.82) is 0 Å². The number of carbonyl (C=O) groups excluding carboxylic acids is 1. The molecule has 1 saturated heterocycles. The van der Waals surface area contributed by atoms with Crippen molar-refractivity contribution in [2.45, 2.75) is 13.8 Å². The van der Waals surface area contributed by atoms with Gasteiger partial charge in [-0.15, -0.1) is 0 Å². The molecule has 3 heterocycles. The number of para-hydroxylation sites is 1. The number of nitrogens with one attached hydrogen (secondary N) is 1. The molecule has 2 aromatic carbocycles. The zero-order valence-corrected chi connectivity index (χ0v) is 19.4. The van der Waals surface area contributed by atoms with Crippen LogP contribution in [0, 0.1) is 6.92 Å². The van der Waals surface area contributed by atoms with Crippen molar-refractivity contribution in [3.05, 3.63) is 70.6 Å². The van der Waals surface area contributed by atoms with Gasteiger partial charge in [0.2, 0.25) is 17.8 Å². The SMILES string of the molecule is CC(=O)N1CCN(c2nc(Nc3ccccc3)nc(Oc3ccc4c(C)cc(=O)oc4c3)n2)CC1. The first-order valence-electron chi connectivity index (χ1n) is 11.3. The van der Waals surface area contributed by atoms with E-state index in [-0.39, 0.29) is 11.9 Å². The summed E-state index contributed by atoms with van der Waals surface area (Å²) in [7, 11) is 0. The largest absolute Gasteiger partial charge is 0.424 e. The molecule has 0 atom stereocenters. The summed E-state index contributed by atoms with van der Waals surface area (Å²) in [6.07, 6.45) is 0. The molecular weight excluding hydrogens is 448 g/mol. The van der Waals surface area contributed by atoms with Gasteiger partial charge in [0.15, 0.2) is 0 Å². The molecule has 35 heavy (non-hydrogen) atoms. The highest BCUT2D eigenvalue weighted by atomic mass is 16.5. The third-order valence-electron chi connectivity index (χ3n) is 5.77. The highest BCUT2D eigenvalue weighted by Crippen LogP contribution is 2.27. The first-order chi connectivity index (χ1) is 16.9. The summed E-state index contributed by atoms with van der Waals surface area (Å²) in [5.41, 5.74) is 1.64. The Kier molecular flexibility index (Phi) is 6.01. The topological polar surface area (TPSA) is 114 Å². The first kappa shape index (κ1) is 22.3. The number of benzene rings is 2. The number of piperazine rings is 1. The van der Waals surface area contributed by atoms with E-state index in [9.17, 15) is 9.59 Å². The van der Waals surface area contributed by atoms with Gasteiger partial charge in [0, 0.05) is 56.3 Å². The fraction of sp³-hybridized carbons (Fsp3) is 0.240. The molecule has 0 aliphatic carbocycles. The highest BCUT2D eigenvalue weighted by Gasteiger charge is 2.22. The van der Waals surface area contributed by atoms with Crippen LogP contribution in [0.5, 0.6) is 11.8 Å². The van der Waals surface area contributed by atoms with Crippen molar-refractivity contribution in [1.82, 2.24) is 19.9 Å². The number of fused-ring (bicyclic) bond motifs is 1. The van der Waals surface area contributed by atoms with Crippen LogP contribution in [0.2, 0.25) is 0 Å². The van der Waals surface area contributed by atoms with E-state index in [4.69, 9.17) is 9.15 Å². The summed E-state index contributed by atoms with van der Waals surface area (Å²) in [6.45, 7) is 5.77. The molecule has 1 N–H and O–H groups in total. The van der Waals surface area contributed by atoms with Crippen LogP contribution < -0.4 is 20.6 Å². The van der Waals surface area contributed by atoms with Crippen LogP contribution in [0.1, 0.15) is 12.5 Å². The van der Waals surface area contributed by atoms with Gasteiger partial charge in [-0.1, -0.05) is 18.2 Å². The molecule has 0 radical (unpaired) electrons. The lowest BCUT2D eigenvalue weighted by molar-refractivity contribution is -0.129. The van der Waals surface area contributed by atoms with Gasteiger partial charge in [-0.25, -0.2) is 4.79 Å². The van der Waals surface area contributed by atoms with Crippen LogP contribution in [0.25, 0.3) is 11.0 Å². The Bertz CT molecular complexity index is 1430. The molecule has 4 aromatic rings. The van der Waals surface area contributed by atoms with E-state index in [1.54, 1.807) is 24.0 Å². The van der Waals surface area contributed by atoms with Gasteiger partial charge in [0.05, 0.1) is 0 Å². The van der Waals surface area contributed by atoms with Crippen LogP contribution in [0.15, 0.2) is 63.8 Å². The molecular formula is C25H24N6O4. The number of carbonyl (C=O) groups is 1. The minimum absolute atomic E-state index is 0.0499. The highest BCUT2D eigenvalue weighted by molar-refractivity contribution is 5.81. The summed E-state index contributed by atoms with van der Waals surface area (Å²) < 4.78 is 11.3. The van der Waals surface area contributed by atoms with Crippen LogP contribution in [-0.4, -0.2) is 51.9 Å². The van der Waals surface area contributed by atoms with Gasteiger partial charge in [-0.05, 0) is 36.8 Å². The van der Waals surface area contributed by atoms with Gasteiger partial charge in [0.25, 0.3) is 0 Å². The van der Waals surface area contributed by atoms with E-state index in [1.165, 1.54) is 6.07 Å². The summed E-state index contributed by atoms with van der Waals surface area (Å²) >= 11 is 0. The minimum Gasteiger partial charge on any atom is -0.424 e. The first-order valence-corrected chi connectivity index (χ1v) is 11.3. The Morgan fingerprint density at radius 3 is 2.51 bits per heavy atom. The molecule has 1 amide bonds. The smallest absolute Gasteiger partial charge is 0.336 e. The quantitative estimate of drug-likeness (QED) is 0.436. The van der Waals surface area contributed by atoms with Gasteiger partial charge >= 0.3 is 11.6 Å². The monoisotopic (exact) mass is 472 g/mol. The van der Waals surface area contributed by atoms with Crippen LogP contribution in [-0.2, 0) is 4.79 Å². The number of amides is 1. The lowest BCUT2D eigenvalue weighted by atomic mass is 10.1. The average molecular weight is 473 g/mol. The zero-order chi connectivity index (χ0) is 24.4. The molecule has 10 nitrogen and oxygen atoms in total. The van der Waals surface area contributed by atoms with Gasteiger partial charge in [-0.3, -0.25) is 4.79 Å². The van der Waals surface area contributed by atoms with E-state index in [0.717, 1.165) is 16.6 Å². The normalized spacial score (nSPS) is 13.7. The molecule has 5 rings (SSSR count). The van der Waals surface area contributed by atoms with E-state index >= 15 is 0 Å². The van der Waals surface area contributed by atoms with Crippen LogP contribution in [0.4, 0.5) is 17.6 Å². The molecule has 1 aliphatic rings. The van der Waals surface area contributed by atoms with Gasteiger partial charge < -0.3 is 24.3 Å². The number of rotatable bonds is 5. The molecule has 2 aromatic heterocycles. The zero-order valence-electron chi connectivity index (χ0n) is 19.4. The average Bonchev–Trinajstić information content (AvgIpc) is 2.84. The van der Waals surface area contributed by atoms with Crippen molar-refractivity contribution in [3.8, 4) is 11.8 Å². The molecule has 0 spiro atoms. The summed E-state index contributed by atoms with van der Waals surface area (Å²) in [4.78, 5) is 40.8. The number of hydrogen-bond acceptors (Lipinski definition) is 9. The number of hydrogen-bond donors (Lipinski definition) is 1. The third-order valence-corrected chi connectivity index (χ3v) is 5.77. The van der Waals surface area contributed by atoms with Crippen molar-refractivity contribution < 1.29 is 13.9 Å². The number of aromatic nitrogens is 3. The number of aryl methyl sites for hydroxylation is 1. The van der Waals surface area contributed by atoms with Crippen molar-refractivity contribution in [2.24, 2.45) is 0 Å². The maximum atomic E-state index is 11.8. The Balaban J connectivity index is 1.46. The fourth-order valence-electron chi connectivity index (χ4n) is 3.93. The predicted molar refractivity (Wildman–Crippen MR) is 131 cm³/mol. The summed E-state index contributed by atoms with van der Waals surface area (Å²) in [6, 6.07) is 16.3. The van der Waals surface area contributed by atoms with E-state index < -0.39 is 5.63 Å². The second-order valence-electron chi connectivity index (χ2n) is 8.23. The third kappa shape index (κ3) is 5.06. The number of anilines is 3. The lowest BCUT2D eigenvalue weighted by Gasteiger charge is -2.34. The number of nitrogens with zero attached hydrogens (tertiary/aromatic N) is 5. The standard InChI is InChI=1S/C25H24N6O4/c1-16-14-22(33)35-21-15-19(8-9-20(16)21)34-25-28-23(26-18-6-4-3-5-7-18)27-24(29-25)31-12-10-30(11-13-31)17(2)32/h3-9,14-15H,10-13H2,1-2H3,(H,26,27,28,29). The molecule has 1 fully saturated rings. The molecule has 0 saturated carbocycles. The van der Waals surface area contributed by atoms with E-state index in [0.29, 0.717) is 49.4 Å². The molecule has 1 aliphatic heterocycles. The van der Waals surface area contributed by atoms with E-state index in [2.05, 4.69) is 20.3 Å². The molecule has 0 unspecified atom stereocenters.